The Morgan fingerprint density at radius 3 is 2.09 bits per heavy atom. The third kappa shape index (κ3) is 3.03. The van der Waals surface area contributed by atoms with Crippen LogP contribution in [-0.2, 0) is 15.1 Å². The van der Waals surface area contributed by atoms with Crippen LogP contribution in [0, 0.1) is 6.92 Å². The number of rotatable bonds is 3. The second kappa shape index (κ2) is 7.43. The van der Waals surface area contributed by atoms with Crippen molar-refractivity contribution in [1.29, 1.82) is 0 Å². The van der Waals surface area contributed by atoms with Gasteiger partial charge in [-0.3, -0.25) is 0 Å². The number of aliphatic hydroxyl groups excluding tert-OH is 2. The predicted molar refractivity (Wildman–Crippen MR) is 125 cm³/mol. The Bertz CT molecular complexity index is 1390. The fourth-order valence-corrected chi connectivity index (χ4v) is 4.45. The quantitative estimate of drug-likeness (QED) is 0.351. The van der Waals surface area contributed by atoms with Crippen LogP contribution in [0.3, 0.4) is 0 Å². The number of aliphatic hydroxyl groups is 2. The Morgan fingerprint density at radius 1 is 0.844 bits per heavy atom. The van der Waals surface area contributed by atoms with Gasteiger partial charge < -0.3 is 14.9 Å². The van der Waals surface area contributed by atoms with Gasteiger partial charge >= 0.3 is 5.97 Å². The van der Waals surface area contributed by atoms with Crippen molar-refractivity contribution >= 4 is 28.3 Å². The van der Waals surface area contributed by atoms with Crippen molar-refractivity contribution in [3.63, 3.8) is 0 Å². The van der Waals surface area contributed by atoms with E-state index in [1.807, 2.05) is 24.3 Å². The second-order valence-electron chi connectivity index (χ2n) is 7.89. The van der Waals surface area contributed by atoms with Gasteiger partial charge in [-0.2, -0.15) is 0 Å². The second-order valence-corrected chi connectivity index (χ2v) is 8.32. The van der Waals surface area contributed by atoms with Crippen molar-refractivity contribution in [2.24, 2.45) is 0 Å². The fourth-order valence-electron chi connectivity index (χ4n) is 4.33. The summed E-state index contributed by atoms with van der Waals surface area (Å²) in [5, 5.41) is 23.6. The van der Waals surface area contributed by atoms with E-state index >= 15 is 0 Å². The summed E-state index contributed by atoms with van der Waals surface area (Å²) in [6, 6.07) is 26.5. The highest BCUT2D eigenvalue weighted by Gasteiger charge is 2.51. The van der Waals surface area contributed by atoms with Gasteiger partial charge in [-0.05, 0) is 46.5 Å². The van der Waals surface area contributed by atoms with Gasteiger partial charge in [-0.15, -0.1) is 0 Å². The zero-order chi connectivity index (χ0) is 22.5. The third-order valence-corrected chi connectivity index (χ3v) is 6.11. The molecule has 0 fully saturated rings. The van der Waals surface area contributed by atoms with E-state index in [0.29, 0.717) is 16.1 Å². The van der Waals surface area contributed by atoms with Crippen LogP contribution in [0.5, 0.6) is 0 Å². The Labute approximate surface area is 190 Å². The molecule has 2 N–H and O–H groups in total. The smallest absolute Gasteiger partial charge is 0.378 e. The lowest BCUT2D eigenvalue weighted by molar-refractivity contribution is -0.147. The summed E-state index contributed by atoms with van der Waals surface area (Å²) in [4.78, 5) is 12.2. The Morgan fingerprint density at radius 2 is 1.47 bits per heavy atom. The first-order valence-corrected chi connectivity index (χ1v) is 10.5. The van der Waals surface area contributed by atoms with Crippen LogP contribution in [0.1, 0.15) is 16.7 Å². The molecule has 1 heterocycles. The molecule has 0 bridgehead atoms. The normalized spacial score (nSPS) is 18.2. The van der Waals surface area contributed by atoms with E-state index in [1.165, 1.54) is 0 Å². The zero-order valence-electron chi connectivity index (χ0n) is 17.2. The summed E-state index contributed by atoms with van der Waals surface area (Å²) >= 11 is 6.02. The molecule has 0 saturated heterocycles. The molecule has 0 amide bonds. The van der Waals surface area contributed by atoms with Crippen LogP contribution < -0.4 is 0 Å². The van der Waals surface area contributed by atoms with Crippen molar-refractivity contribution < 1.29 is 19.7 Å². The Hall–Kier alpha value is -3.76. The molecule has 4 nitrogen and oxygen atoms in total. The molecule has 1 aliphatic heterocycles. The number of halogens is 1. The number of fused-ring (bicyclic) bond motifs is 1. The summed E-state index contributed by atoms with van der Waals surface area (Å²) in [5.74, 6) is -2.32. The van der Waals surface area contributed by atoms with E-state index < -0.39 is 23.1 Å². The highest BCUT2D eigenvalue weighted by atomic mass is 35.5. The number of benzene rings is 4. The maximum Gasteiger partial charge on any atom is 0.378 e. The molecule has 1 unspecified atom stereocenters. The summed E-state index contributed by atoms with van der Waals surface area (Å²) in [7, 11) is 0. The number of hydrogen-bond acceptors (Lipinski definition) is 4. The predicted octanol–water partition coefficient (Wildman–Crippen LogP) is 6.60. The Balaban J connectivity index is 1.67. The number of carbonyl (C=O) groups excluding carboxylic acids is 1. The number of esters is 1. The maximum absolute atomic E-state index is 12.2. The molecule has 0 aromatic heterocycles. The third-order valence-electron chi connectivity index (χ3n) is 5.86. The lowest BCUT2D eigenvalue weighted by atomic mass is 9.84. The molecular weight excluding hydrogens is 424 g/mol. The lowest BCUT2D eigenvalue weighted by Gasteiger charge is -2.29. The van der Waals surface area contributed by atoms with Crippen LogP contribution in [0.4, 0.5) is 0 Å². The Kier molecular flexibility index (Phi) is 4.68. The van der Waals surface area contributed by atoms with Gasteiger partial charge in [0.2, 0.25) is 11.4 Å². The molecule has 158 valence electrons. The number of ether oxygens (including phenoxy) is 1. The van der Waals surface area contributed by atoms with Crippen molar-refractivity contribution in [1.82, 2.24) is 0 Å². The molecule has 5 heteroatoms. The van der Waals surface area contributed by atoms with Crippen LogP contribution >= 0.6 is 11.6 Å². The van der Waals surface area contributed by atoms with E-state index in [0.717, 1.165) is 27.5 Å². The minimum absolute atomic E-state index is 0.477. The van der Waals surface area contributed by atoms with Gasteiger partial charge in [0, 0.05) is 16.1 Å². The van der Waals surface area contributed by atoms with Gasteiger partial charge in [0.05, 0.1) is 0 Å². The molecule has 1 atom stereocenters. The van der Waals surface area contributed by atoms with Crippen molar-refractivity contribution in [2.45, 2.75) is 12.5 Å². The number of cyclic esters (lactones) is 1. The van der Waals surface area contributed by atoms with Crippen LogP contribution in [0.2, 0.25) is 5.02 Å². The van der Waals surface area contributed by atoms with Gasteiger partial charge in [0.25, 0.3) is 0 Å². The van der Waals surface area contributed by atoms with E-state index in [9.17, 15) is 15.0 Å². The average Bonchev–Trinajstić information content (AvgIpc) is 3.04. The highest BCUT2D eigenvalue weighted by molar-refractivity contribution is 6.30. The standard InChI is InChI=1S/C27H19ClO4/c1-16-14-18-4-2-3-5-22(18)23(15-16)17-6-8-19(9-7-17)27(20-10-12-21(28)13-11-20)25(30)24(29)26(31)32-27/h2-15,29-30H,1H3. The monoisotopic (exact) mass is 442 g/mol. The number of hydrogen-bond donors (Lipinski definition) is 2. The van der Waals surface area contributed by atoms with Crippen molar-refractivity contribution in [3.05, 3.63) is 118 Å². The van der Waals surface area contributed by atoms with E-state index in [1.54, 1.807) is 36.4 Å². The van der Waals surface area contributed by atoms with E-state index in [4.69, 9.17) is 16.3 Å². The average molecular weight is 443 g/mol. The van der Waals surface area contributed by atoms with Crippen LogP contribution in [0.25, 0.3) is 21.9 Å². The molecular formula is C27H19ClO4. The molecule has 4 aromatic carbocycles. The molecule has 5 rings (SSSR count). The van der Waals surface area contributed by atoms with E-state index in [2.05, 4.69) is 31.2 Å². The molecule has 0 saturated carbocycles. The fraction of sp³-hybridized carbons (Fsp3) is 0.0741. The molecule has 1 aliphatic rings. The number of aryl methyl sites for hydroxylation is 1. The summed E-state index contributed by atoms with van der Waals surface area (Å²) in [6.45, 7) is 2.06. The summed E-state index contributed by atoms with van der Waals surface area (Å²) in [5.41, 5.74) is 2.56. The summed E-state index contributed by atoms with van der Waals surface area (Å²) in [6.07, 6.45) is 0. The van der Waals surface area contributed by atoms with Gasteiger partial charge in [0.1, 0.15) is 0 Å². The molecule has 32 heavy (non-hydrogen) atoms. The lowest BCUT2D eigenvalue weighted by Crippen LogP contribution is -2.31. The molecule has 0 aliphatic carbocycles. The molecule has 0 spiro atoms. The van der Waals surface area contributed by atoms with Crippen LogP contribution in [-0.4, -0.2) is 16.2 Å². The minimum atomic E-state index is -1.64. The first-order valence-electron chi connectivity index (χ1n) is 10.1. The van der Waals surface area contributed by atoms with Crippen molar-refractivity contribution in [3.8, 4) is 11.1 Å². The largest absolute Gasteiger partial charge is 0.504 e. The van der Waals surface area contributed by atoms with Crippen LogP contribution in [0.15, 0.2) is 96.4 Å². The first-order chi connectivity index (χ1) is 15.4. The zero-order valence-corrected chi connectivity index (χ0v) is 17.9. The van der Waals surface area contributed by atoms with Gasteiger partial charge in [0.15, 0.2) is 5.76 Å². The number of carbonyl (C=O) groups is 1. The maximum atomic E-state index is 12.2. The van der Waals surface area contributed by atoms with E-state index in [-0.39, 0.29) is 0 Å². The van der Waals surface area contributed by atoms with Gasteiger partial charge in [-0.25, -0.2) is 4.79 Å². The first kappa shape index (κ1) is 20.2. The topological polar surface area (TPSA) is 66.8 Å². The molecule has 4 aromatic rings. The SMILES string of the molecule is Cc1cc(-c2ccc(C3(c4ccc(Cl)cc4)OC(=O)C(O)=C3O)cc2)c2ccccc2c1. The summed E-state index contributed by atoms with van der Waals surface area (Å²) < 4.78 is 5.56. The molecule has 0 radical (unpaired) electrons. The van der Waals surface area contributed by atoms with Gasteiger partial charge in [-0.1, -0.05) is 84.4 Å². The van der Waals surface area contributed by atoms with Crippen molar-refractivity contribution in [2.75, 3.05) is 0 Å². The minimum Gasteiger partial charge on any atom is -0.504 e. The highest BCUT2D eigenvalue weighted by Crippen LogP contribution is 2.45.